The quantitative estimate of drug-likeness (QED) is 0.768. The van der Waals surface area contributed by atoms with Gasteiger partial charge in [0.25, 0.3) is 0 Å². The molecule has 0 saturated heterocycles. The van der Waals surface area contributed by atoms with Crippen molar-refractivity contribution in [1.82, 2.24) is 10.3 Å². The number of nitrogens with one attached hydrogen (secondary N) is 1. The fourth-order valence-electron chi connectivity index (χ4n) is 3.27. The zero-order valence-electron chi connectivity index (χ0n) is 14.7. The largest absolute Gasteiger partial charge is 0.497 e. The number of methoxy groups -OCH3 is 1. The highest BCUT2D eigenvalue weighted by molar-refractivity contribution is 6.01. The van der Waals surface area contributed by atoms with Crippen LogP contribution in [0.3, 0.4) is 0 Å². The van der Waals surface area contributed by atoms with Gasteiger partial charge in [-0.2, -0.15) is 0 Å². The fourth-order valence-corrected chi connectivity index (χ4v) is 3.27. The predicted octanol–water partition coefficient (Wildman–Crippen LogP) is 4.31. The Morgan fingerprint density at radius 3 is 2.38 bits per heavy atom. The monoisotopic (exact) mass is 343 g/mol. The van der Waals surface area contributed by atoms with Gasteiger partial charge in [-0.15, -0.1) is 0 Å². The van der Waals surface area contributed by atoms with Crippen LogP contribution in [0.4, 0.5) is 0 Å². The van der Waals surface area contributed by atoms with E-state index in [4.69, 9.17) is 9.73 Å². The molecule has 0 radical (unpaired) electrons. The molecule has 0 bridgehead atoms. The van der Waals surface area contributed by atoms with Gasteiger partial charge in [0.15, 0.2) is 0 Å². The first-order valence-electron chi connectivity index (χ1n) is 8.75. The Bertz CT molecular complexity index is 876. The van der Waals surface area contributed by atoms with Crippen LogP contribution in [0.5, 0.6) is 5.75 Å². The maximum Gasteiger partial charge on any atom is 0.126 e. The molecule has 0 fully saturated rings. The second-order valence-corrected chi connectivity index (χ2v) is 6.33. The van der Waals surface area contributed by atoms with E-state index in [1.165, 1.54) is 5.56 Å². The lowest BCUT2D eigenvalue weighted by Crippen LogP contribution is -2.33. The van der Waals surface area contributed by atoms with Gasteiger partial charge in [0, 0.05) is 30.6 Å². The van der Waals surface area contributed by atoms with Crippen LogP contribution in [0.1, 0.15) is 35.3 Å². The Balaban J connectivity index is 1.71. The van der Waals surface area contributed by atoms with Crippen molar-refractivity contribution >= 4 is 5.71 Å². The van der Waals surface area contributed by atoms with Gasteiger partial charge >= 0.3 is 0 Å². The first-order chi connectivity index (χ1) is 12.8. The number of pyridine rings is 1. The van der Waals surface area contributed by atoms with Crippen LogP contribution in [-0.4, -0.2) is 17.8 Å². The fraction of sp³-hybridized carbons (Fsp3) is 0.182. The van der Waals surface area contributed by atoms with E-state index in [1.54, 1.807) is 13.3 Å². The number of benzene rings is 2. The molecule has 2 atom stereocenters. The van der Waals surface area contributed by atoms with Crippen molar-refractivity contribution in [2.24, 2.45) is 4.99 Å². The first kappa shape index (κ1) is 16.5. The smallest absolute Gasteiger partial charge is 0.126 e. The molecule has 1 aromatic heterocycles. The Hall–Kier alpha value is -2.98. The Morgan fingerprint density at radius 2 is 1.69 bits per heavy atom. The van der Waals surface area contributed by atoms with E-state index in [-0.39, 0.29) is 12.2 Å². The summed E-state index contributed by atoms with van der Waals surface area (Å²) in [6, 6.07) is 22.7. The van der Waals surface area contributed by atoms with Crippen molar-refractivity contribution < 1.29 is 4.74 Å². The van der Waals surface area contributed by atoms with E-state index >= 15 is 0 Å². The summed E-state index contributed by atoms with van der Waals surface area (Å²) in [6.45, 7) is 0. The third-order valence-corrected chi connectivity index (χ3v) is 4.67. The SMILES string of the molecule is COc1ccc(C2=NC(c3ccccc3)NC(c3cccnc3)C2)cc1. The minimum atomic E-state index is -0.0766. The lowest BCUT2D eigenvalue weighted by molar-refractivity contribution is 0.414. The third-order valence-electron chi connectivity index (χ3n) is 4.67. The molecule has 0 amide bonds. The van der Waals surface area contributed by atoms with E-state index in [0.29, 0.717) is 0 Å². The Kier molecular flexibility index (Phi) is 4.75. The third kappa shape index (κ3) is 3.51. The molecular formula is C22H21N3O. The van der Waals surface area contributed by atoms with Gasteiger partial charge < -0.3 is 4.74 Å². The number of hydrogen-bond acceptors (Lipinski definition) is 4. The van der Waals surface area contributed by atoms with E-state index in [0.717, 1.165) is 29.0 Å². The van der Waals surface area contributed by atoms with Gasteiger partial charge in [-0.25, -0.2) is 0 Å². The standard InChI is InChI=1S/C22H21N3O/c1-26-19-11-9-16(10-12-19)20-14-21(18-8-5-13-23-15-18)25-22(24-20)17-6-3-2-4-7-17/h2-13,15,21-22,25H,14H2,1H3. The molecule has 4 heteroatoms. The number of aromatic nitrogens is 1. The second kappa shape index (κ2) is 7.50. The van der Waals surface area contributed by atoms with Gasteiger partial charge in [-0.3, -0.25) is 15.3 Å². The summed E-state index contributed by atoms with van der Waals surface area (Å²) >= 11 is 0. The molecule has 2 heterocycles. The highest BCUT2D eigenvalue weighted by Crippen LogP contribution is 2.30. The lowest BCUT2D eigenvalue weighted by Gasteiger charge is -2.30. The number of nitrogens with zero attached hydrogens (tertiary/aromatic N) is 2. The van der Waals surface area contributed by atoms with E-state index < -0.39 is 0 Å². The van der Waals surface area contributed by atoms with E-state index in [9.17, 15) is 0 Å². The average molecular weight is 343 g/mol. The van der Waals surface area contributed by atoms with Gasteiger partial charge in [-0.05, 0) is 47.0 Å². The molecule has 0 aliphatic carbocycles. The van der Waals surface area contributed by atoms with Gasteiger partial charge in [-0.1, -0.05) is 36.4 Å². The van der Waals surface area contributed by atoms with Crippen molar-refractivity contribution in [2.75, 3.05) is 7.11 Å². The Labute approximate surface area is 153 Å². The molecule has 2 unspecified atom stereocenters. The molecule has 2 aromatic carbocycles. The summed E-state index contributed by atoms with van der Waals surface area (Å²) in [5.74, 6) is 0.853. The maximum absolute atomic E-state index is 5.28. The summed E-state index contributed by atoms with van der Waals surface area (Å²) in [7, 11) is 1.68. The summed E-state index contributed by atoms with van der Waals surface area (Å²) in [6.07, 6.45) is 4.48. The van der Waals surface area contributed by atoms with Crippen LogP contribution in [0.2, 0.25) is 0 Å². The zero-order valence-corrected chi connectivity index (χ0v) is 14.7. The number of hydrogen-bond donors (Lipinski definition) is 1. The number of rotatable bonds is 4. The summed E-state index contributed by atoms with van der Waals surface area (Å²) in [4.78, 5) is 9.28. The molecule has 1 N–H and O–H groups in total. The van der Waals surface area contributed by atoms with E-state index in [1.807, 2.05) is 42.6 Å². The summed E-state index contributed by atoms with van der Waals surface area (Å²) in [5, 5.41) is 3.66. The average Bonchev–Trinajstić information content (AvgIpc) is 2.75. The zero-order chi connectivity index (χ0) is 17.8. The molecule has 4 nitrogen and oxygen atoms in total. The summed E-state index contributed by atoms with van der Waals surface area (Å²) in [5.41, 5.74) is 4.55. The second-order valence-electron chi connectivity index (χ2n) is 6.33. The van der Waals surface area contributed by atoms with E-state index in [2.05, 4.69) is 40.6 Å². The summed E-state index contributed by atoms with van der Waals surface area (Å²) < 4.78 is 5.28. The Morgan fingerprint density at radius 1 is 0.923 bits per heavy atom. The molecule has 1 aliphatic rings. The molecule has 1 aliphatic heterocycles. The van der Waals surface area contributed by atoms with Crippen LogP contribution in [-0.2, 0) is 0 Å². The first-order valence-corrected chi connectivity index (χ1v) is 8.75. The van der Waals surface area contributed by atoms with Crippen molar-refractivity contribution in [2.45, 2.75) is 18.6 Å². The number of aliphatic imine (C=N–C) groups is 1. The van der Waals surface area contributed by atoms with Gasteiger partial charge in [0.1, 0.15) is 11.9 Å². The van der Waals surface area contributed by atoms with Crippen LogP contribution in [0, 0.1) is 0 Å². The molecule has 26 heavy (non-hydrogen) atoms. The predicted molar refractivity (Wildman–Crippen MR) is 103 cm³/mol. The molecule has 0 spiro atoms. The van der Waals surface area contributed by atoms with Gasteiger partial charge in [0.2, 0.25) is 0 Å². The molecule has 4 rings (SSSR count). The molecule has 3 aromatic rings. The van der Waals surface area contributed by atoms with Crippen LogP contribution in [0.15, 0.2) is 84.1 Å². The molecule has 130 valence electrons. The minimum Gasteiger partial charge on any atom is -0.497 e. The van der Waals surface area contributed by atoms with Crippen molar-refractivity contribution in [3.8, 4) is 5.75 Å². The van der Waals surface area contributed by atoms with Crippen molar-refractivity contribution in [1.29, 1.82) is 0 Å². The van der Waals surface area contributed by atoms with Gasteiger partial charge in [0.05, 0.1) is 7.11 Å². The number of ether oxygens (including phenoxy) is 1. The van der Waals surface area contributed by atoms with Crippen LogP contribution < -0.4 is 10.1 Å². The normalized spacial score (nSPS) is 19.7. The lowest BCUT2D eigenvalue weighted by atomic mass is 9.95. The van der Waals surface area contributed by atoms with Crippen LogP contribution >= 0.6 is 0 Å². The molecule has 0 saturated carbocycles. The maximum atomic E-state index is 5.28. The highest BCUT2D eigenvalue weighted by atomic mass is 16.5. The van der Waals surface area contributed by atoms with Crippen molar-refractivity contribution in [3.63, 3.8) is 0 Å². The van der Waals surface area contributed by atoms with Crippen LogP contribution in [0.25, 0.3) is 0 Å². The topological polar surface area (TPSA) is 46.5 Å². The van der Waals surface area contributed by atoms with Crippen molar-refractivity contribution in [3.05, 3.63) is 95.8 Å². The highest BCUT2D eigenvalue weighted by Gasteiger charge is 2.26. The molecular weight excluding hydrogens is 322 g/mol. The minimum absolute atomic E-state index is 0.0766.